The van der Waals surface area contributed by atoms with Gasteiger partial charge in [-0.2, -0.15) is 0 Å². The van der Waals surface area contributed by atoms with Gasteiger partial charge in [-0.1, -0.05) is 52.4 Å². The second kappa shape index (κ2) is 10.1. The number of carbonyl (C=O) groups excluding carboxylic acids is 1. The molecule has 0 radical (unpaired) electrons. The summed E-state index contributed by atoms with van der Waals surface area (Å²) in [4.78, 5) is 16.4. The van der Waals surface area contributed by atoms with Crippen LogP contribution in [0.5, 0.6) is 0 Å². The van der Waals surface area contributed by atoms with Crippen LogP contribution in [0.2, 0.25) is 10.0 Å². The largest absolute Gasteiger partial charge is 0.300 e. The molecule has 0 saturated heterocycles. The molecule has 142 valence electrons. The average Bonchev–Trinajstić information content (AvgIpc) is 3.23. The first-order chi connectivity index (χ1) is 13.0. The van der Waals surface area contributed by atoms with Gasteiger partial charge in [0.05, 0.1) is 16.5 Å². The molecule has 0 saturated carbocycles. The Balaban J connectivity index is 1.45. The van der Waals surface area contributed by atoms with Crippen LogP contribution in [0.3, 0.4) is 0 Å². The lowest BCUT2D eigenvalue weighted by molar-refractivity contribution is -0.113. The van der Waals surface area contributed by atoms with Gasteiger partial charge in [0.25, 0.3) is 0 Å². The van der Waals surface area contributed by atoms with E-state index in [0.29, 0.717) is 32.4 Å². The Morgan fingerprint density at radius 2 is 2.00 bits per heavy atom. The van der Waals surface area contributed by atoms with Crippen LogP contribution < -0.4 is 5.32 Å². The highest BCUT2D eigenvalue weighted by atomic mass is 35.5. The third kappa shape index (κ3) is 6.33. The first kappa shape index (κ1) is 20.9. The molecule has 1 aromatic carbocycles. The highest BCUT2D eigenvalue weighted by Gasteiger charge is 2.11. The number of hydrogen-bond donors (Lipinski definition) is 1. The molecule has 0 bridgehead atoms. The van der Waals surface area contributed by atoms with Crippen LogP contribution in [0.1, 0.15) is 16.3 Å². The topological polar surface area (TPSA) is 67.8 Å². The van der Waals surface area contributed by atoms with E-state index in [1.807, 2.05) is 18.4 Å². The summed E-state index contributed by atoms with van der Waals surface area (Å²) in [6.45, 7) is 1.97. The number of nitrogens with zero attached hydrogens (tertiary/aromatic N) is 3. The summed E-state index contributed by atoms with van der Waals surface area (Å²) in [5.74, 6) is 1.54. The van der Waals surface area contributed by atoms with Gasteiger partial charge in [0.15, 0.2) is 4.34 Å². The van der Waals surface area contributed by atoms with Crippen LogP contribution >= 0.6 is 69.4 Å². The van der Waals surface area contributed by atoms with Crippen molar-refractivity contribution in [3.8, 4) is 0 Å². The minimum absolute atomic E-state index is 0.103. The summed E-state index contributed by atoms with van der Waals surface area (Å²) in [7, 11) is 0. The normalized spacial score (nSPS) is 10.9. The number of halogens is 2. The van der Waals surface area contributed by atoms with E-state index in [-0.39, 0.29) is 5.91 Å². The van der Waals surface area contributed by atoms with Crippen LogP contribution in [0.4, 0.5) is 5.13 Å². The minimum Gasteiger partial charge on any atom is -0.300 e. The van der Waals surface area contributed by atoms with E-state index in [4.69, 9.17) is 23.2 Å². The number of anilines is 1. The fourth-order valence-corrected chi connectivity index (χ4v) is 5.95. The fourth-order valence-electron chi connectivity index (χ4n) is 2.00. The van der Waals surface area contributed by atoms with E-state index < -0.39 is 0 Å². The summed E-state index contributed by atoms with van der Waals surface area (Å²) in [6, 6.07) is 5.42. The molecule has 0 fully saturated rings. The molecule has 27 heavy (non-hydrogen) atoms. The highest BCUT2D eigenvalue weighted by molar-refractivity contribution is 8.00. The van der Waals surface area contributed by atoms with Crippen molar-refractivity contribution >= 4 is 80.4 Å². The van der Waals surface area contributed by atoms with Crippen LogP contribution in [0.25, 0.3) is 0 Å². The number of aryl methyl sites for hydroxylation is 1. The number of thioether (sulfide) groups is 2. The third-order valence-electron chi connectivity index (χ3n) is 3.20. The SMILES string of the molecule is Cc1nc(CSCC(=O)Nc2nnc(SCc3c(Cl)cccc3Cl)s2)cs1. The number of rotatable bonds is 8. The lowest BCUT2D eigenvalue weighted by Crippen LogP contribution is -2.14. The summed E-state index contributed by atoms with van der Waals surface area (Å²) < 4.78 is 0.742. The third-order valence-corrected chi connectivity index (χ3v) is 7.70. The first-order valence-electron chi connectivity index (χ1n) is 7.69. The van der Waals surface area contributed by atoms with Gasteiger partial charge < -0.3 is 0 Å². The Labute approximate surface area is 183 Å². The maximum atomic E-state index is 12.0. The Morgan fingerprint density at radius 1 is 1.22 bits per heavy atom. The highest BCUT2D eigenvalue weighted by Crippen LogP contribution is 2.33. The van der Waals surface area contributed by atoms with E-state index in [2.05, 4.69) is 20.5 Å². The number of amides is 1. The van der Waals surface area contributed by atoms with Crippen LogP contribution in [0.15, 0.2) is 27.9 Å². The zero-order valence-corrected chi connectivity index (χ0v) is 18.8. The molecular weight excluding hydrogens is 463 g/mol. The van der Waals surface area contributed by atoms with Crippen LogP contribution in [-0.4, -0.2) is 26.8 Å². The van der Waals surface area contributed by atoms with Crippen molar-refractivity contribution in [2.75, 3.05) is 11.1 Å². The Kier molecular flexibility index (Phi) is 7.80. The van der Waals surface area contributed by atoms with E-state index in [0.717, 1.165) is 20.6 Å². The van der Waals surface area contributed by atoms with E-state index in [1.54, 1.807) is 23.5 Å². The van der Waals surface area contributed by atoms with Gasteiger partial charge in [-0.15, -0.1) is 33.3 Å². The number of carbonyl (C=O) groups is 1. The number of hydrogen-bond acceptors (Lipinski definition) is 8. The molecule has 0 atom stereocenters. The first-order valence-corrected chi connectivity index (χ1v) is 12.3. The smallest absolute Gasteiger partial charge is 0.236 e. The van der Waals surface area contributed by atoms with Gasteiger partial charge in [-0.25, -0.2) is 4.98 Å². The summed E-state index contributed by atoms with van der Waals surface area (Å²) in [5, 5.41) is 15.7. The Hall–Kier alpha value is -0.840. The number of benzene rings is 1. The zero-order chi connectivity index (χ0) is 19.2. The molecule has 11 heteroatoms. The van der Waals surface area contributed by atoms with Crippen LogP contribution in [0, 0.1) is 6.92 Å². The van der Waals surface area contributed by atoms with Crippen molar-refractivity contribution in [3.05, 3.63) is 49.9 Å². The molecule has 0 spiro atoms. The van der Waals surface area contributed by atoms with E-state index in [9.17, 15) is 4.79 Å². The molecule has 0 unspecified atom stereocenters. The summed E-state index contributed by atoms with van der Waals surface area (Å²) in [5.41, 5.74) is 1.86. The molecule has 0 aliphatic rings. The van der Waals surface area contributed by atoms with E-state index >= 15 is 0 Å². The van der Waals surface area contributed by atoms with Gasteiger partial charge in [-0.3, -0.25) is 10.1 Å². The molecule has 5 nitrogen and oxygen atoms in total. The second-order valence-corrected chi connectivity index (χ2v) is 10.3. The van der Waals surface area contributed by atoms with E-state index in [1.165, 1.54) is 34.9 Å². The lowest BCUT2D eigenvalue weighted by Gasteiger charge is -2.04. The van der Waals surface area contributed by atoms with Gasteiger partial charge in [0.2, 0.25) is 11.0 Å². The average molecular weight is 477 g/mol. The summed E-state index contributed by atoms with van der Waals surface area (Å²) in [6.07, 6.45) is 0. The molecule has 2 aromatic heterocycles. The molecule has 3 rings (SSSR count). The maximum absolute atomic E-state index is 12.0. The van der Waals surface area contributed by atoms with Gasteiger partial charge >= 0.3 is 0 Å². The van der Waals surface area contributed by atoms with Crippen molar-refractivity contribution in [2.45, 2.75) is 22.8 Å². The molecule has 3 aromatic rings. The standard InChI is InChI=1S/C16H14Cl2N4OS4/c1-9-19-10(6-25-9)5-24-8-14(23)20-15-21-22-16(27-15)26-7-11-12(17)3-2-4-13(11)18/h2-4,6H,5,7-8H2,1H3,(H,20,21,23). The van der Waals surface area contributed by atoms with Crippen LogP contribution in [-0.2, 0) is 16.3 Å². The molecular formula is C16H14Cl2N4OS4. The maximum Gasteiger partial charge on any atom is 0.236 e. The van der Waals surface area contributed by atoms with Crippen molar-refractivity contribution in [2.24, 2.45) is 0 Å². The number of aromatic nitrogens is 3. The number of thiazole rings is 1. The van der Waals surface area contributed by atoms with Crippen molar-refractivity contribution in [1.29, 1.82) is 0 Å². The van der Waals surface area contributed by atoms with Gasteiger partial charge in [0, 0.05) is 26.9 Å². The van der Waals surface area contributed by atoms with Crippen molar-refractivity contribution < 1.29 is 4.79 Å². The zero-order valence-electron chi connectivity index (χ0n) is 14.1. The van der Waals surface area contributed by atoms with Crippen molar-refractivity contribution in [1.82, 2.24) is 15.2 Å². The second-order valence-electron chi connectivity index (χ2n) is 5.26. The monoisotopic (exact) mass is 476 g/mol. The predicted molar refractivity (Wildman–Crippen MR) is 118 cm³/mol. The minimum atomic E-state index is -0.103. The molecule has 1 N–H and O–H groups in total. The fraction of sp³-hybridized carbons (Fsp3) is 0.250. The predicted octanol–water partition coefficient (Wildman–Crippen LogP) is 5.77. The van der Waals surface area contributed by atoms with Gasteiger partial charge in [-0.05, 0) is 24.6 Å². The van der Waals surface area contributed by atoms with Gasteiger partial charge in [0.1, 0.15) is 0 Å². The lowest BCUT2D eigenvalue weighted by atomic mass is 10.2. The molecule has 1 amide bonds. The molecule has 0 aliphatic heterocycles. The number of nitrogens with one attached hydrogen (secondary N) is 1. The quantitative estimate of drug-likeness (QED) is 0.328. The Bertz CT molecular complexity index is 911. The molecule has 0 aliphatic carbocycles. The Morgan fingerprint density at radius 3 is 2.70 bits per heavy atom. The molecule has 2 heterocycles. The van der Waals surface area contributed by atoms with Crippen molar-refractivity contribution in [3.63, 3.8) is 0 Å². The summed E-state index contributed by atoms with van der Waals surface area (Å²) >= 11 is 18.3.